The molecule has 2 aliphatic heterocycles. The molecule has 46 heavy (non-hydrogen) atoms. The van der Waals surface area contributed by atoms with E-state index in [1.165, 1.54) is 73.7 Å². The SMILES string of the molecule is CC1CCc2ccccc2N1c1ccc(C=Cc2ccc3c(c2)C(C)(C)c2cc(N4c5ccccc5CCC4(C)C)ccc2-3)cc1. The summed E-state index contributed by atoms with van der Waals surface area (Å²) in [7, 11) is 0. The van der Waals surface area contributed by atoms with Crippen LogP contribution in [0.3, 0.4) is 0 Å². The molecule has 0 saturated carbocycles. The minimum absolute atomic E-state index is 0.0604. The first-order valence-corrected chi connectivity index (χ1v) is 17.0. The molecule has 3 aliphatic rings. The lowest BCUT2D eigenvalue weighted by Gasteiger charge is -2.45. The number of aryl methyl sites for hydroxylation is 2. The summed E-state index contributed by atoms with van der Waals surface area (Å²) in [6.07, 6.45) is 9.14. The highest BCUT2D eigenvalue weighted by molar-refractivity contribution is 5.85. The molecule has 0 bridgehead atoms. The fraction of sp³-hybridized carbons (Fsp3) is 0.273. The summed E-state index contributed by atoms with van der Waals surface area (Å²) < 4.78 is 0. The van der Waals surface area contributed by atoms with Crippen molar-refractivity contribution in [3.8, 4) is 11.1 Å². The maximum absolute atomic E-state index is 2.58. The van der Waals surface area contributed by atoms with Gasteiger partial charge in [-0.1, -0.05) is 98.8 Å². The third-order valence-electron chi connectivity index (χ3n) is 10.9. The summed E-state index contributed by atoms with van der Waals surface area (Å²) >= 11 is 0. The average molecular weight is 601 g/mol. The first-order valence-electron chi connectivity index (χ1n) is 17.0. The van der Waals surface area contributed by atoms with E-state index in [4.69, 9.17) is 0 Å². The van der Waals surface area contributed by atoms with Gasteiger partial charge >= 0.3 is 0 Å². The molecule has 5 aromatic rings. The molecule has 1 atom stereocenters. The van der Waals surface area contributed by atoms with Gasteiger partial charge < -0.3 is 9.80 Å². The summed E-state index contributed by atoms with van der Waals surface area (Å²) in [5, 5.41) is 0. The molecule has 0 spiro atoms. The maximum Gasteiger partial charge on any atom is 0.0448 e. The number of anilines is 4. The van der Waals surface area contributed by atoms with Crippen LogP contribution in [-0.4, -0.2) is 11.6 Å². The zero-order valence-corrected chi connectivity index (χ0v) is 27.8. The standard InChI is InChI=1S/C44H44N2/c1-30-14-20-33-10-6-8-12-41(33)45(30)35-21-17-31(18-22-35)15-16-32-19-24-37-38-25-23-36(29-40(38)44(4,5)39(37)28-32)46-42-13-9-7-11-34(42)26-27-43(46,2)3/h6-13,15-19,21-25,28-30H,14,20,26-27H2,1-5H3. The number of rotatable bonds is 4. The van der Waals surface area contributed by atoms with Gasteiger partial charge in [0.05, 0.1) is 0 Å². The van der Waals surface area contributed by atoms with Crippen molar-refractivity contribution in [2.75, 3.05) is 9.80 Å². The van der Waals surface area contributed by atoms with Gasteiger partial charge in [-0.25, -0.2) is 0 Å². The molecular formula is C44H44N2. The Morgan fingerprint density at radius 3 is 1.96 bits per heavy atom. The van der Waals surface area contributed by atoms with Crippen molar-refractivity contribution in [1.29, 1.82) is 0 Å². The van der Waals surface area contributed by atoms with Crippen molar-refractivity contribution < 1.29 is 0 Å². The molecule has 1 unspecified atom stereocenters. The molecule has 0 fully saturated rings. The average Bonchev–Trinajstić information content (AvgIpc) is 3.29. The predicted octanol–water partition coefficient (Wildman–Crippen LogP) is 11.5. The molecule has 230 valence electrons. The Kier molecular flexibility index (Phi) is 6.76. The zero-order valence-electron chi connectivity index (χ0n) is 27.8. The molecular weight excluding hydrogens is 556 g/mol. The van der Waals surface area contributed by atoms with Crippen LogP contribution in [0.5, 0.6) is 0 Å². The summed E-state index contributed by atoms with van der Waals surface area (Å²) in [4.78, 5) is 5.08. The van der Waals surface area contributed by atoms with E-state index in [2.05, 4.69) is 166 Å². The van der Waals surface area contributed by atoms with Crippen LogP contribution in [0.25, 0.3) is 23.3 Å². The molecule has 2 heterocycles. The molecule has 0 amide bonds. The molecule has 2 nitrogen and oxygen atoms in total. The molecule has 0 N–H and O–H groups in total. The lowest BCUT2D eigenvalue weighted by Crippen LogP contribution is -2.44. The van der Waals surface area contributed by atoms with Gasteiger partial charge in [0.1, 0.15) is 0 Å². The highest BCUT2D eigenvalue weighted by Crippen LogP contribution is 2.52. The number of hydrogen-bond acceptors (Lipinski definition) is 2. The molecule has 0 saturated heterocycles. The lowest BCUT2D eigenvalue weighted by molar-refractivity contribution is 0.447. The highest BCUT2D eigenvalue weighted by Gasteiger charge is 2.38. The predicted molar refractivity (Wildman–Crippen MR) is 197 cm³/mol. The zero-order chi connectivity index (χ0) is 31.6. The van der Waals surface area contributed by atoms with Gasteiger partial charge in [0.15, 0.2) is 0 Å². The first-order chi connectivity index (χ1) is 22.2. The van der Waals surface area contributed by atoms with Crippen LogP contribution in [-0.2, 0) is 18.3 Å². The molecule has 8 rings (SSSR count). The Bertz CT molecular complexity index is 1980. The van der Waals surface area contributed by atoms with Gasteiger partial charge in [0, 0.05) is 39.7 Å². The second kappa shape index (κ2) is 10.8. The van der Waals surface area contributed by atoms with Crippen molar-refractivity contribution in [2.45, 2.75) is 77.3 Å². The molecule has 1 aliphatic carbocycles. The van der Waals surface area contributed by atoms with E-state index in [9.17, 15) is 0 Å². The number of benzene rings is 5. The number of nitrogens with zero attached hydrogens (tertiary/aromatic N) is 2. The number of hydrogen-bond donors (Lipinski definition) is 0. The van der Waals surface area contributed by atoms with Crippen LogP contribution >= 0.6 is 0 Å². The van der Waals surface area contributed by atoms with Gasteiger partial charge in [0.25, 0.3) is 0 Å². The first kappa shape index (κ1) is 28.9. The topological polar surface area (TPSA) is 6.48 Å². The Morgan fingerprint density at radius 2 is 1.20 bits per heavy atom. The van der Waals surface area contributed by atoms with Crippen molar-refractivity contribution in [3.05, 3.63) is 143 Å². The van der Waals surface area contributed by atoms with E-state index in [1.54, 1.807) is 0 Å². The Hall–Kier alpha value is -4.56. The lowest BCUT2D eigenvalue weighted by atomic mass is 9.81. The van der Waals surface area contributed by atoms with Gasteiger partial charge in [-0.2, -0.15) is 0 Å². The summed E-state index contributed by atoms with van der Waals surface area (Å²) in [6.45, 7) is 11.9. The van der Waals surface area contributed by atoms with Crippen LogP contribution in [0.15, 0.2) is 109 Å². The van der Waals surface area contributed by atoms with Gasteiger partial charge in [-0.3, -0.25) is 0 Å². The fourth-order valence-electron chi connectivity index (χ4n) is 8.31. The third kappa shape index (κ3) is 4.69. The minimum atomic E-state index is -0.0763. The largest absolute Gasteiger partial charge is 0.338 e. The van der Waals surface area contributed by atoms with Gasteiger partial charge in [-0.15, -0.1) is 0 Å². The van der Waals surface area contributed by atoms with Crippen LogP contribution in [0.2, 0.25) is 0 Å². The summed E-state index contributed by atoms with van der Waals surface area (Å²) in [6, 6.07) is 41.6. The highest BCUT2D eigenvalue weighted by atomic mass is 15.2. The van der Waals surface area contributed by atoms with Crippen LogP contribution in [0.4, 0.5) is 22.7 Å². The summed E-state index contributed by atoms with van der Waals surface area (Å²) in [5.74, 6) is 0. The van der Waals surface area contributed by atoms with E-state index in [0.717, 1.165) is 19.3 Å². The van der Waals surface area contributed by atoms with E-state index >= 15 is 0 Å². The number of fused-ring (bicyclic) bond motifs is 5. The van der Waals surface area contributed by atoms with Crippen LogP contribution < -0.4 is 9.80 Å². The molecule has 5 aromatic carbocycles. The third-order valence-corrected chi connectivity index (χ3v) is 10.9. The quantitative estimate of drug-likeness (QED) is 0.189. The van der Waals surface area contributed by atoms with E-state index in [0.29, 0.717) is 6.04 Å². The maximum atomic E-state index is 2.58. The van der Waals surface area contributed by atoms with Crippen molar-refractivity contribution in [2.24, 2.45) is 0 Å². The number of para-hydroxylation sites is 2. The van der Waals surface area contributed by atoms with Gasteiger partial charge in [-0.05, 0) is 127 Å². The normalized spacial score (nSPS) is 19.0. The summed E-state index contributed by atoms with van der Waals surface area (Å²) in [5.41, 5.74) is 16.2. The second-order valence-electron chi connectivity index (χ2n) is 14.7. The van der Waals surface area contributed by atoms with E-state index < -0.39 is 0 Å². The Balaban J connectivity index is 1.06. The Labute approximate surface area is 275 Å². The monoisotopic (exact) mass is 600 g/mol. The van der Waals surface area contributed by atoms with Crippen molar-refractivity contribution >= 4 is 34.9 Å². The molecule has 0 aromatic heterocycles. The van der Waals surface area contributed by atoms with Crippen LogP contribution in [0, 0.1) is 0 Å². The fourth-order valence-corrected chi connectivity index (χ4v) is 8.31. The molecule has 2 heteroatoms. The van der Waals surface area contributed by atoms with Gasteiger partial charge in [0.2, 0.25) is 0 Å². The van der Waals surface area contributed by atoms with E-state index in [-0.39, 0.29) is 11.0 Å². The van der Waals surface area contributed by atoms with Crippen LogP contribution in [0.1, 0.15) is 80.8 Å². The van der Waals surface area contributed by atoms with Crippen molar-refractivity contribution in [1.82, 2.24) is 0 Å². The minimum Gasteiger partial charge on any atom is -0.338 e. The second-order valence-corrected chi connectivity index (χ2v) is 14.7. The van der Waals surface area contributed by atoms with E-state index in [1.807, 2.05) is 0 Å². The molecule has 0 radical (unpaired) electrons. The Morgan fingerprint density at radius 1 is 0.609 bits per heavy atom. The van der Waals surface area contributed by atoms with Crippen molar-refractivity contribution in [3.63, 3.8) is 0 Å². The smallest absolute Gasteiger partial charge is 0.0448 e.